The van der Waals surface area contributed by atoms with E-state index in [4.69, 9.17) is 0 Å². The van der Waals surface area contributed by atoms with Crippen molar-refractivity contribution in [3.63, 3.8) is 0 Å². The van der Waals surface area contributed by atoms with Crippen LogP contribution in [0.2, 0.25) is 0 Å². The van der Waals surface area contributed by atoms with Gasteiger partial charge in [0.15, 0.2) is 0 Å². The molecule has 3 rings (SSSR count). The molecule has 1 N–H and O–H groups in total. The number of halogens is 1. The van der Waals surface area contributed by atoms with Crippen LogP contribution >= 0.6 is 22.6 Å². The van der Waals surface area contributed by atoms with Gasteiger partial charge in [0.1, 0.15) is 0 Å². The van der Waals surface area contributed by atoms with Crippen LogP contribution in [0.25, 0.3) is 0 Å². The first-order chi connectivity index (χ1) is 11.7. The molecule has 2 aromatic rings. The van der Waals surface area contributed by atoms with Crippen LogP contribution in [0.1, 0.15) is 17.3 Å². The van der Waals surface area contributed by atoms with Gasteiger partial charge in [0.2, 0.25) is 0 Å². The second-order valence-electron chi connectivity index (χ2n) is 5.90. The number of benzene rings is 2. The number of carbonyl (C=O) groups is 1. The molecule has 0 radical (unpaired) electrons. The Bertz CT molecular complexity index is 694. The summed E-state index contributed by atoms with van der Waals surface area (Å²) in [4.78, 5) is 17.3. The minimum atomic E-state index is -0.0638. The maximum absolute atomic E-state index is 12.5. The SMILES string of the molecule is CCN1CCN(c2ccccc2NC(=O)c2ccc(I)cc2)CC1. The summed E-state index contributed by atoms with van der Waals surface area (Å²) < 4.78 is 1.12. The first-order valence-electron chi connectivity index (χ1n) is 8.30. The lowest BCUT2D eigenvalue weighted by molar-refractivity contribution is 0.102. The summed E-state index contributed by atoms with van der Waals surface area (Å²) in [5, 5.41) is 3.07. The Morgan fingerprint density at radius 2 is 1.71 bits per heavy atom. The lowest BCUT2D eigenvalue weighted by Gasteiger charge is -2.36. The van der Waals surface area contributed by atoms with E-state index in [1.165, 1.54) is 0 Å². The largest absolute Gasteiger partial charge is 0.367 e. The van der Waals surface area contributed by atoms with Crippen molar-refractivity contribution in [2.24, 2.45) is 0 Å². The molecule has 0 atom stereocenters. The number of nitrogens with zero attached hydrogens (tertiary/aromatic N) is 2. The molecular formula is C19H22IN3O. The third-order valence-electron chi connectivity index (χ3n) is 4.42. The molecule has 0 bridgehead atoms. The van der Waals surface area contributed by atoms with Crippen molar-refractivity contribution < 1.29 is 4.79 Å². The standard InChI is InChI=1S/C19H22IN3O/c1-2-22-11-13-23(14-12-22)18-6-4-3-5-17(18)21-19(24)15-7-9-16(20)10-8-15/h3-10H,2,11-14H2,1H3,(H,21,24). The van der Waals surface area contributed by atoms with Crippen molar-refractivity contribution in [1.29, 1.82) is 0 Å². The lowest BCUT2D eigenvalue weighted by Crippen LogP contribution is -2.46. The highest BCUT2D eigenvalue weighted by Crippen LogP contribution is 2.27. The van der Waals surface area contributed by atoms with Gasteiger partial charge in [0.25, 0.3) is 5.91 Å². The van der Waals surface area contributed by atoms with E-state index in [1.54, 1.807) is 0 Å². The zero-order valence-corrected chi connectivity index (χ0v) is 16.0. The van der Waals surface area contributed by atoms with E-state index < -0.39 is 0 Å². The normalized spacial score (nSPS) is 15.3. The topological polar surface area (TPSA) is 35.6 Å². The van der Waals surface area contributed by atoms with E-state index in [-0.39, 0.29) is 5.91 Å². The molecule has 1 fully saturated rings. The highest BCUT2D eigenvalue weighted by atomic mass is 127. The maximum Gasteiger partial charge on any atom is 0.255 e. The average molecular weight is 435 g/mol. The zero-order valence-electron chi connectivity index (χ0n) is 13.8. The Morgan fingerprint density at radius 3 is 2.38 bits per heavy atom. The van der Waals surface area contributed by atoms with E-state index in [2.05, 4.69) is 50.7 Å². The summed E-state index contributed by atoms with van der Waals surface area (Å²) in [7, 11) is 0. The van der Waals surface area contributed by atoms with Crippen LogP contribution in [-0.2, 0) is 0 Å². The fourth-order valence-corrected chi connectivity index (χ4v) is 3.32. The van der Waals surface area contributed by atoms with Gasteiger partial charge in [0, 0.05) is 35.3 Å². The van der Waals surface area contributed by atoms with Gasteiger partial charge < -0.3 is 15.1 Å². The van der Waals surface area contributed by atoms with Crippen LogP contribution in [0.3, 0.4) is 0 Å². The molecule has 1 saturated heterocycles. The number of amides is 1. The molecule has 5 heteroatoms. The second-order valence-corrected chi connectivity index (χ2v) is 7.15. The minimum Gasteiger partial charge on any atom is -0.367 e. The fraction of sp³-hybridized carbons (Fsp3) is 0.316. The van der Waals surface area contributed by atoms with Gasteiger partial charge in [-0.05, 0) is 65.5 Å². The molecule has 0 spiro atoms. The highest BCUT2D eigenvalue weighted by Gasteiger charge is 2.19. The molecule has 0 aromatic heterocycles. The Kier molecular flexibility index (Phi) is 5.73. The first kappa shape index (κ1) is 17.2. The number of para-hydroxylation sites is 2. The average Bonchev–Trinajstić information content (AvgIpc) is 2.63. The van der Waals surface area contributed by atoms with Crippen molar-refractivity contribution in [3.8, 4) is 0 Å². The van der Waals surface area contributed by atoms with Crippen LogP contribution in [0.5, 0.6) is 0 Å². The summed E-state index contributed by atoms with van der Waals surface area (Å²) in [5.74, 6) is -0.0638. The number of hydrogen-bond donors (Lipinski definition) is 1. The summed E-state index contributed by atoms with van der Waals surface area (Å²) in [6, 6.07) is 15.7. The molecule has 126 valence electrons. The predicted molar refractivity (Wildman–Crippen MR) is 108 cm³/mol. The van der Waals surface area contributed by atoms with Crippen molar-refractivity contribution in [2.75, 3.05) is 42.9 Å². The number of hydrogen-bond acceptors (Lipinski definition) is 3. The molecule has 4 nitrogen and oxygen atoms in total. The van der Waals surface area contributed by atoms with E-state index in [0.29, 0.717) is 5.56 Å². The number of anilines is 2. The maximum atomic E-state index is 12.5. The molecule has 0 aliphatic carbocycles. The summed E-state index contributed by atoms with van der Waals surface area (Å²) >= 11 is 2.24. The highest BCUT2D eigenvalue weighted by molar-refractivity contribution is 14.1. The first-order valence-corrected chi connectivity index (χ1v) is 9.38. The summed E-state index contributed by atoms with van der Waals surface area (Å²) in [6.07, 6.45) is 0. The van der Waals surface area contributed by atoms with Crippen molar-refractivity contribution >= 4 is 39.9 Å². The predicted octanol–water partition coefficient (Wildman–Crippen LogP) is 3.69. The molecule has 24 heavy (non-hydrogen) atoms. The monoisotopic (exact) mass is 435 g/mol. The fourth-order valence-electron chi connectivity index (χ4n) is 2.96. The van der Waals surface area contributed by atoms with Crippen molar-refractivity contribution in [3.05, 3.63) is 57.7 Å². The van der Waals surface area contributed by atoms with E-state index in [1.807, 2.05) is 42.5 Å². The third-order valence-corrected chi connectivity index (χ3v) is 5.14. The molecule has 0 unspecified atom stereocenters. The smallest absolute Gasteiger partial charge is 0.255 e. The summed E-state index contributed by atoms with van der Waals surface area (Å²) in [6.45, 7) is 7.41. The molecule has 0 saturated carbocycles. The molecule has 1 aliphatic rings. The van der Waals surface area contributed by atoms with Crippen molar-refractivity contribution in [1.82, 2.24) is 4.90 Å². The lowest BCUT2D eigenvalue weighted by atomic mass is 10.2. The van der Waals surface area contributed by atoms with Crippen LogP contribution in [-0.4, -0.2) is 43.5 Å². The van der Waals surface area contributed by atoms with Crippen LogP contribution < -0.4 is 10.2 Å². The van der Waals surface area contributed by atoms with Gasteiger partial charge in [-0.15, -0.1) is 0 Å². The quantitative estimate of drug-likeness (QED) is 0.745. The third kappa shape index (κ3) is 4.08. The second kappa shape index (κ2) is 7.98. The molecule has 1 aliphatic heterocycles. The van der Waals surface area contributed by atoms with Gasteiger partial charge >= 0.3 is 0 Å². The van der Waals surface area contributed by atoms with Gasteiger partial charge in [0.05, 0.1) is 11.4 Å². The van der Waals surface area contributed by atoms with Crippen molar-refractivity contribution in [2.45, 2.75) is 6.92 Å². The Morgan fingerprint density at radius 1 is 1.04 bits per heavy atom. The van der Waals surface area contributed by atoms with E-state index in [9.17, 15) is 4.79 Å². The number of likely N-dealkylation sites (N-methyl/N-ethyl adjacent to an activating group) is 1. The molecule has 1 amide bonds. The van der Waals surface area contributed by atoms with Crippen LogP contribution in [0.4, 0.5) is 11.4 Å². The van der Waals surface area contributed by atoms with E-state index in [0.717, 1.165) is 47.7 Å². The van der Waals surface area contributed by atoms with Gasteiger partial charge in [-0.25, -0.2) is 0 Å². The number of piperazine rings is 1. The van der Waals surface area contributed by atoms with Gasteiger partial charge in [-0.1, -0.05) is 19.1 Å². The number of rotatable bonds is 4. The molecular weight excluding hydrogens is 413 g/mol. The molecule has 1 heterocycles. The zero-order chi connectivity index (χ0) is 16.9. The number of carbonyl (C=O) groups excluding carboxylic acids is 1. The Labute approximate surface area is 157 Å². The minimum absolute atomic E-state index is 0.0638. The van der Waals surface area contributed by atoms with Gasteiger partial charge in [-0.2, -0.15) is 0 Å². The Balaban J connectivity index is 1.74. The van der Waals surface area contributed by atoms with Gasteiger partial charge in [-0.3, -0.25) is 4.79 Å². The Hall–Kier alpha value is -1.60. The number of nitrogens with one attached hydrogen (secondary N) is 1. The summed E-state index contributed by atoms with van der Waals surface area (Å²) in [5.41, 5.74) is 2.67. The van der Waals surface area contributed by atoms with Crippen LogP contribution in [0.15, 0.2) is 48.5 Å². The molecule has 2 aromatic carbocycles. The van der Waals surface area contributed by atoms with E-state index >= 15 is 0 Å². The van der Waals surface area contributed by atoms with Crippen LogP contribution in [0, 0.1) is 3.57 Å².